The third-order valence-corrected chi connectivity index (χ3v) is 5.48. The lowest BCUT2D eigenvalue weighted by atomic mass is 10.0. The number of hydrogen-bond acceptors (Lipinski definition) is 4. The molecule has 2 aromatic heterocycles. The molecular weight excluding hydrogens is 362 g/mol. The van der Waals surface area contributed by atoms with Gasteiger partial charge in [-0.2, -0.15) is 5.10 Å². The standard InChI is InChI=1S/C23H27N5O/c29-23(7-6-19-4-2-1-3-5-19)26-22-10-15-25-28(22)21-11-16-27(17-12-21)18-20-8-13-24-14-9-20/h1-5,8-10,13-15,21H,6-7,11-12,16-18H2,(H,26,29). The largest absolute Gasteiger partial charge is 0.311 e. The van der Waals surface area contributed by atoms with Crippen LogP contribution in [0.25, 0.3) is 0 Å². The minimum absolute atomic E-state index is 0.0331. The van der Waals surface area contributed by atoms with Crippen LogP contribution in [0.1, 0.15) is 36.4 Å². The number of pyridine rings is 1. The number of nitrogens with one attached hydrogen (secondary N) is 1. The quantitative estimate of drug-likeness (QED) is 0.669. The summed E-state index contributed by atoms with van der Waals surface area (Å²) in [5.41, 5.74) is 2.47. The molecule has 3 heterocycles. The summed E-state index contributed by atoms with van der Waals surface area (Å²) < 4.78 is 1.99. The number of aryl methyl sites for hydroxylation is 1. The van der Waals surface area contributed by atoms with Gasteiger partial charge in [0.05, 0.1) is 12.2 Å². The molecule has 1 aromatic carbocycles. The third kappa shape index (κ3) is 5.29. The molecule has 1 amide bonds. The van der Waals surface area contributed by atoms with Crippen LogP contribution in [0.5, 0.6) is 0 Å². The van der Waals surface area contributed by atoms with Crippen molar-refractivity contribution in [3.63, 3.8) is 0 Å². The Morgan fingerprint density at radius 2 is 1.72 bits per heavy atom. The van der Waals surface area contributed by atoms with Crippen LogP contribution in [-0.2, 0) is 17.8 Å². The highest BCUT2D eigenvalue weighted by Gasteiger charge is 2.23. The Hall–Kier alpha value is -2.99. The van der Waals surface area contributed by atoms with Crippen molar-refractivity contribution in [2.24, 2.45) is 0 Å². The van der Waals surface area contributed by atoms with Crippen LogP contribution in [0.15, 0.2) is 67.1 Å². The molecule has 1 aliphatic heterocycles. The molecule has 150 valence electrons. The van der Waals surface area contributed by atoms with Crippen molar-refractivity contribution < 1.29 is 4.79 Å². The van der Waals surface area contributed by atoms with Crippen molar-refractivity contribution in [1.29, 1.82) is 0 Å². The van der Waals surface area contributed by atoms with E-state index >= 15 is 0 Å². The van der Waals surface area contributed by atoms with Gasteiger partial charge in [0.15, 0.2) is 0 Å². The van der Waals surface area contributed by atoms with Crippen LogP contribution in [0.3, 0.4) is 0 Å². The van der Waals surface area contributed by atoms with E-state index in [1.807, 2.05) is 41.3 Å². The van der Waals surface area contributed by atoms with Crippen molar-refractivity contribution in [2.45, 2.75) is 38.3 Å². The van der Waals surface area contributed by atoms with Crippen LogP contribution in [-0.4, -0.2) is 38.7 Å². The monoisotopic (exact) mass is 389 g/mol. The summed E-state index contributed by atoms with van der Waals surface area (Å²) >= 11 is 0. The molecule has 1 fully saturated rings. The first-order chi connectivity index (χ1) is 14.3. The highest BCUT2D eigenvalue weighted by molar-refractivity contribution is 5.89. The number of aromatic nitrogens is 3. The predicted octanol–water partition coefficient (Wildman–Crippen LogP) is 3.69. The van der Waals surface area contributed by atoms with E-state index in [1.165, 1.54) is 11.1 Å². The number of carbonyl (C=O) groups excluding carboxylic acids is 1. The summed E-state index contributed by atoms with van der Waals surface area (Å²) in [6, 6.07) is 16.5. The second kappa shape index (κ2) is 9.47. The molecule has 6 heteroatoms. The topological polar surface area (TPSA) is 63.1 Å². The Balaban J connectivity index is 1.28. The van der Waals surface area contributed by atoms with E-state index in [0.717, 1.165) is 44.7 Å². The first-order valence-electron chi connectivity index (χ1n) is 10.3. The fourth-order valence-corrected chi connectivity index (χ4v) is 3.88. The second-order valence-electron chi connectivity index (χ2n) is 7.56. The van der Waals surface area contributed by atoms with E-state index in [9.17, 15) is 4.79 Å². The lowest BCUT2D eigenvalue weighted by Gasteiger charge is -2.32. The summed E-state index contributed by atoms with van der Waals surface area (Å²) in [7, 11) is 0. The molecular formula is C23H27N5O. The molecule has 29 heavy (non-hydrogen) atoms. The lowest BCUT2D eigenvalue weighted by Crippen LogP contribution is -2.35. The smallest absolute Gasteiger partial charge is 0.225 e. The number of likely N-dealkylation sites (tertiary alicyclic amines) is 1. The second-order valence-corrected chi connectivity index (χ2v) is 7.56. The van der Waals surface area contributed by atoms with E-state index in [1.54, 1.807) is 6.20 Å². The zero-order valence-electron chi connectivity index (χ0n) is 16.6. The normalized spacial score (nSPS) is 15.3. The maximum absolute atomic E-state index is 12.4. The molecule has 1 aliphatic rings. The van der Waals surface area contributed by atoms with Gasteiger partial charge in [-0.15, -0.1) is 0 Å². The maximum atomic E-state index is 12.4. The molecule has 1 N–H and O–H groups in total. The number of anilines is 1. The molecule has 0 aliphatic carbocycles. The van der Waals surface area contributed by atoms with Gasteiger partial charge in [0.2, 0.25) is 5.91 Å². The van der Waals surface area contributed by atoms with Crippen LogP contribution in [0.4, 0.5) is 5.82 Å². The molecule has 4 rings (SSSR count). The van der Waals surface area contributed by atoms with Gasteiger partial charge < -0.3 is 5.32 Å². The molecule has 0 saturated carbocycles. The fourth-order valence-electron chi connectivity index (χ4n) is 3.88. The number of hydrogen-bond donors (Lipinski definition) is 1. The van der Waals surface area contributed by atoms with Crippen molar-refractivity contribution in [1.82, 2.24) is 19.7 Å². The number of benzene rings is 1. The van der Waals surface area contributed by atoms with Gasteiger partial charge in [-0.05, 0) is 42.5 Å². The number of carbonyl (C=O) groups is 1. The van der Waals surface area contributed by atoms with E-state index in [0.29, 0.717) is 12.5 Å². The van der Waals surface area contributed by atoms with Crippen molar-refractivity contribution >= 4 is 11.7 Å². The van der Waals surface area contributed by atoms with Gasteiger partial charge in [0.1, 0.15) is 5.82 Å². The molecule has 1 saturated heterocycles. The lowest BCUT2D eigenvalue weighted by molar-refractivity contribution is -0.116. The Labute approximate surface area is 171 Å². The van der Waals surface area contributed by atoms with E-state index in [4.69, 9.17) is 0 Å². The molecule has 0 spiro atoms. The number of nitrogens with zero attached hydrogens (tertiary/aromatic N) is 4. The number of amides is 1. The van der Waals surface area contributed by atoms with Gasteiger partial charge in [-0.25, -0.2) is 4.68 Å². The summed E-state index contributed by atoms with van der Waals surface area (Å²) in [6.07, 6.45) is 8.74. The number of rotatable bonds is 7. The van der Waals surface area contributed by atoms with E-state index in [-0.39, 0.29) is 5.91 Å². The van der Waals surface area contributed by atoms with Crippen LogP contribution >= 0.6 is 0 Å². The van der Waals surface area contributed by atoms with Crippen LogP contribution in [0, 0.1) is 0 Å². The maximum Gasteiger partial charge on any atom is 0.225 e. The van der Waals surface area contributed by atoms with Crippen LogP contribution in [0.2, 0.25) is 0 Å². The zero-order valence-corrected chi connectivity index (χ0v) is 16.6. The van der Waals surface area contributed by atoms with Gasteiger partial charge in [-0.1, -0.05) is 30.3 Å². The molecule has 0 atom stereocenters. The Morgan fingerprint density at radius 1 is 0.966 bits per heavy atom. The minimum atomic E-state index is 0.0331. The third-order valence-electron chi connectivity index (χ3n) is 5.48. The molecule has 6 nitrogen and oxygen atoms in total. The van der Waals surface area contributed by atoms with Gasteiger partial charge in [0.25, 0.3) is 0 Å². The zero-order chi connectivity index (χ0) is 19.9. The summed E-state index contributed by atoms with van der Waals surface area (Å²) in [4.78, 5) is 19.0. The Morgan fingerprint density at radius 3 is 2.48 bits per heavy atom. The first kappa shape index (κ1) is 19.3. The molecule has 3 aromatic rings. The minimum Gasteiger partial charge on any atom is -0.311 e. The summed E-state index contributed by atoms with van der Waals surface area (Å²) in [5.74, 6) is 0.835. The highest BCUT2D eigenvalue weighted by atomic mass is 16.1. The van der Waals surface area contributed by atoms with E-state index < -0.39 is 0 Å². The first-order valence-corrected chi connectivity index (χ1v) is 10.3. The SMILES string of the molecule is O=C(CCc1ccccc1)Nc1ccnn1C1CCN(Cc2ccncc2)CC1. The van der Waals surface area contributed by atoms with Gasteiger partial charge in [0, 0.05) is 44.5 Å². The fraction of sp³-hybridized carbons (Fsp3) is 0.348. The highest BCUT2D eigenvalue weighted by Crippen LogP contribution is 2.26. The Bertz CT molecular complexity index is 901. The van der Waals surface area contributed by atoms with Gasteiger partial charge in [-0.3, -0.25) is 14.7 Å². The summed E-state index contributed by atoms with van der Waals surface area (Å²) in [5, 5.41) is 7.55. The molecule has 0 unspecified atom stereocenters. The molecule has 0 bridgehead atoms. The van der Waals surface area contributed by atoms with E-state index in [2.05, 4.69) is 44.6 Å². The predicted molar refractivity (Wildman–Crippen MR) is 113 cm³/mol. The molecule has 0 radical (unpaired) electrons. The Kier molecular flexibility index (Phi) is 6.32. The van der Waals surface area contributed by atoms with Crippen LogP contribution < -0.4 is 5.32 Å². The number of piperidine rings is 1. The van der Waals surface area contributed by atoms with Gasteiger partial charge >= 0.3 is 0 Å². The average Bonchev–Trinajstić information content (AvgIpc) is 3.22. The van der Waals surface area contributed by atoms with Crippen molar-refractivity contribution in [3.05, 3.63) is 78.2 Å². The van der Waals surface area contributed by atoms with Crippen molar-refractivity contribution in [3.8, 4) is 0 Å². The summed E-state index contributed by atoms with van der Waals surface area (Å²) in [6.45, 7) is 3.00. The average molecular weight is 390 g/mol. The van der Waals surface area contributed by atoms with Crippen molar-refractivity contribution in [2.75, 3.05) is 18.4 Å².